The van der Waals surface area contributed by atoms with E-state index in [4.69, 9.17) is 4.42 Å². The molecule has 1 N–H and O–H groups in total. The quantitative estimate of drug-likeness (QED) is 0.761. The van der Waals surface area contributed by atoms with Crippen LogP contribution in [0.1, 0.15) is 10.4 Å². The number of carbonyl (C=O) groups is 1. The van der Waals surface area contributed by atoms with Gasteiger partial charge in [-0.15, -0.1) is 0 Å². The summed E-state index contributed by atoms with van der Waals surface area (Å²) in [4.78, 5) is 23.4. The predicted molar refractivity (Wildman–Crippen MR) is 68.9 cm³/mol. The second kappa shape index (κ2) is 4.45. The lowest BCUT2D eigenvalue weighted by atomic mass is 10.1. The highest BCUT2D eigenvalue weighted by Gasteiger charge is 2.14. The molecule has 5 nitrogen and oxygen atoms in total. The van der Waals surface area contributed by atoms with E-state index in [-0.39, 0.29) is 0 Å². The van der Waals surface area contributed by atoms with Crippen molar-refractivity contribution >= 4 is 5.91 Å². The molecule has 0 saturated heterocycles. The number of aromatic nitrogens is 2. The van der Waals surface area contributed by atoms with Gasteiger partial charge in [0.05, 0.1) is 5.56 Å². The smallest absolute Gasteiger partial charge is 0.282 e. The SMILES string of the molecule is O=C(c1coc(-c2ccccc2)c1)n1[nH]ccc1=O. The van der Waals surface area contributed by atoms with E-state index in [1.165, 1.54) is 18.5 Å². The fraction of sp³-hybridized carbons (Fsp3) is 0. The van der Waals surface area contributed by atoms with Gasteiger partial charge in [-0.1, -0.05) is 30.3 Å². The molecular formula is C14H10N2O3. The number of hydrogen-bond acceptors (Lipinski definition) is 3. The molecule has 0 amide bonds. The molecule has 19 heavy (non-hydrogen) atoms. The van der Waals surface area contributed by atoms with E-state index >= 15 is 0 Å². The average molecular weight is 254 g/mol. The number of hydrogen-bond donors (Lipinski definition) is 1. The molecule has 3 rings (SSSR count). The molecule has 2 heterocycles. The number of carbonyl (C=O) groups excluding carboxylic acids is 1. The van der Waals surface area contributed by atoms with E-state index in [2.05, 4.69) is 5.10 Å². The van der Waals surface area contributed by atoms with Gasteiger partial charge in [-0.25, -0.2) is 0 Å². The first kappa shape index (κ1) is 11.3. The Balaban J connectivity index is 1.97. The molecule has 3 aromatic rings. The maximum absolute atomic E-state index is 12.0. The summed E-state index contributed by atoms with van der Waals surface area (Å²) in [6.07, 6.45) is 2.76. The zero-order chi connectivity index (χ0) is 13.2. The molecule has 0 fully saturated rings. The summed E-state index contributed by atoms with van der Waals surface area (Å²) in [7, 11) is 0. The van der Waals surface area contributed by atoms with Crippen LogP contribution in [0.5, 0.6) is 0 Å². The van der Waals surface area contributed by atoms with Crippen LogP contribution in [0.2, 0.25) is 0 Å². The normalized spacial score (nSPS) is 10.5. The average Bonchev–Trinajstić information content (AvgIpc) is 3.08. The van der Waals surface area contributed by atoms with Gasteiger partial charge < -0.3 is 4.42 Å². The van der Waals surface area contributed by atoms with Crippen LogP contribution in [0.25, 0.3) is 11.3 Å². The van der Waals surface area contributed by atoms with E-state index in [0.717, 1.165) is 10.2 Å². The lowest BCUT2D eigenvalue weighted by molar-refractivity contribution is 0.0940. The lowest BCUT2D eigenvalue weighted by Gasteiger charge is -1.95. The topological polar surface area (TPSA) is 68.0 Å². The van der Waals surface area contributed by atoms with Crippen molar-refractivity contribution in [2.45, 2.75) is 0 Å². The first-order chi connectivity index (χ1) is 9.25. The Morgan fingerprint density at radius 2 is 1.95 bits per heavy atom. The van der Waals surface area contributed by atoms with Crippen molar-refractivity contribution in [2.24, 2.45) is 0 Å². The van der Waals surface area contributed by atoms with Crippen molar-refractivity contribution in [1.82, 2.24) is 9.78 Å². The molecule has 0 saturated carbocycles. The number of furan rings is 1. The molecular weight excluding hydrogens is 244 g/mol. The molecule has 0 aliphatic rings. The Labute approximate surface area is 108 Å². The first-order valence-corrected chi connectivity index (χ1v) is 5.71. The molecule has 0 spiro atoms. The summed E-state index contributed by atoms with van der Waals surface area (Å²) in [5, 5.41) is 2.57. The minimum absolute atomic E-state index is 0.323. The minimum atomic E-state index is -0.444. The maximum Gasteiger partial charge on any atom is 0.282 e. The van der Waals surface area contributed by atoms with E-state index < -0.39 is 11.5 Å². The second-order valence-electron chi connectivity index (χ2n) is 4.01. The number of nitrogens with zero attached hydrogens (tertiary/aromatic N) is 1. The molecule has 5 heteroatoms. The van der Waals surface area contributed by atoms with Crippen LogP contribution in [-0.4, -0.2) is 15.7 Å². The molecule has 0 bridgehead atoms. The van der Waals surface area contributed by atoms with Crippen LogP contribution >= 0.6 is 0 Å². The highest BCUT2D eigenvalue weighted by Crippen LogP contribution is 2.21. The van der Waals surface area contributed by atoms with Crippen molar-refractivity contribution in [1.29, 1.82) is 0 Å². The summed E-state index contributed by atoms with van der Waals surface area (Å²) in [5.41, 5.74) is 0.802. The lowest BCUT2D eigenvalue weighted by Crippen LogP contribution is -2.24. The Kier molecular flexibility index (Phi) is 2.64. The summed E-state index contributed by atoms with van der Waals surface area (Å²) in [5.74, 6) is 0.143. The molecule has 0 radical (unpaired) electrons. The van der Waals surface area contributed by atoms with E-state index in [1.807, 2.05) is 30.3 Å². The van der Waals surface area contributed by atoms with Crippen LogP contribution < -0.4 is 5.56 Å². The fourth-order valence-electron chi connectivity index (χ4n) is 1.81. The van der Waals surface area contributed by atoms with Gasteiger partial charge in [0, 0.05) is 17.8 Å². The minimum Gasteiger partial charge on any atom is -0.464 e. The van der Waals surface area contributed by atoms with E-state index in [9.17, 15) is 9.59 Å². The van der Waals surface area contributed by atoms with E-state index in [1.54, 1.807) is 6.07 Å². The maximum atomic E-state index is 12.0. The van der Waals surface area contributed by atoms with Crippen LogP contribution in [0.15, 0.2) is 64.1 Å². The number of H-pyrrole nitrogens is 1. The first-order valence-electron chi connectivity index (χ1n) is 5.71. The molecule has 0 aliphatic heterocycles. The van der Waals surface area contributed by atoms with E-state index in [0.29, 0.717) is 11.3 Å². The number of aromatic amines is 1. The van der Waals surface area contributed by atoms with Crippen molar-refractivity contribution in [2.75, 3.05) is 0 Å². The molecule has 2 aromatic heterocycles. The van der Waals surface area contributed by atoms with Crippen LogP contribution in [0.4, 0.5) is 0 Å². The van der Waals surface area contributed by atoms with Crippen LogP contribution in [-0.2, 0) is 0 Å². The van der Waals surface area contributed by atoms with Gasteiger partial charge in [-0.2, -0.15) is 4.68 Å². The third-order valence-corrected chi connectivity index (χ3v) is 2.76. The van der Waals surface area contributed by atoms with Crippen molar-refractivity contribution in [3.8, 4) is 11.3 Å². The zero-order valence-corrected chi connectivity index (χ0v) is 9.87. The van der Waals surface area contributed by atoms with Gasteiger partial charge in [-0.3, -0.25) is 14.7 Å². The van der Waals surface area contributed by atoms with Crippen LogP contribution in [0, 0.1) is 0 Å². The van der Waals surface area contributed by atoms with Crippen LogP contribution in [0.3, 0.4) is 0 Å². The predicted octanol–water partition coefficient (Wildman–Crippen LogP) is 2.12. The zero-order valence-electron chi connectivity index (χ0n) is 9.87. The Morgan fingerprint density at radius 3 is 2.63 bits per heavy atom. The second-order valence-corrected chi connectivity index (χ2v) is 4.01. The Bertz CT molecular complexity index is 765. The van der Waals surface area contributed by atoms with Gasteiger partial charge in [0.15, 0.2) is 0 Å². The molecule has 0 unspecified atom stereocenters. The van der Waals surface area contributed by atoms with Gasteiger partial charge in [-0.05, 0) is 6.07 Å². The number of nitrogens with one attached hydrogen (secondary N) is 1. The number of benzene rings is 1. The summed E-state index contributed by atoms with van der Waals surface area (Å²) in [6, 6.07) is 12.3. The fourth-order valence-corrected chi connectivity index (χ4v) is 1.81. The van der Waals surface area contributed by atoms with Crippen molar-refractivity contribution in [3.63, 3.8) is 0 Å². The monoisotopic (exact) mass is 254 g/mol. The Morgan fingerprint density at radius 1 is 1.16 bits per heavy atom. The highest BCUT2D eigenvalue weighted by molar-refractivity contribution is 5.95. The third-order valence-electron chi connectivity index (χ3n) is 2.76. The summed E-state index contributed by atoms with van der Waals surface area (Å²) in [6.45, 7) is 0. The van der Waals surface area contributed by atoms with Gasteiger partial charge in [0.25, 0.3) is 11.5 Å². The van der Waals surface area contributed by atoms with Gasteiger partial charge in [0.1, 0.15) is 12.0 Å². The summed E-state index contributed by atoms with van der Waals surface area (Å²) < 4.78 is 6.29. The number of rotatable bonds is 2. The largest absolute Gasteiger partial charge is 0.464 e. The standard InChI is InChI=1S/C14H10N2O3/c17-13-6-7-15-16(13)14(18)11-8-12(19-9-11)10-4-2-1-3-5-10/h1-9,15H. The molecule has 1 aromatic carbocycles. The third kappa shape index (κ3) is 2.01. The molecule has 94 valence electrons. The van der Waals surface area contributed by atoms with Gasteiger partial charge in [0.2, 0.25) is 0 Å². The molecule has 0 atom stereocenters. The highest BCUT2D eigenvalue weighted by atomic mass is 16.3. The van der Waals surface area contributed by atoms with Gasteiger partial charge >= 0.3 is 0 Å². The van der Waals surface area contributed by atoms with Crippen molar-refractivity contribution < 1.29 is 9.21 Å². The van der Waals surface area contributed by atoms with Crippen molar-refractivity contribution in [3.05, 3.63) is 70.8 Å². The summed E-state index contributed by atoms with van der Waals surface area (Å²) >= 11 is 0. The molecule has 0 aliphatic carbocycles. The Hall–Kier alpha value is -2.82.